The Morgan fingerprint density at radius 2 is 1.71 bits per heavy atom. The van der Waals surface area contributed by atoms with E-state index in [-0.39, 0.29) is 12.5 Å². The SMILES string of the molecule is CC(C)(CNC(=O)C1(CN)CCCCCC1)NS(C)(=O)=O. The van der Waals surface area contributed by atoms with Crippen LogP contribution in [-0.2, 0) is 14.8 Å². The first kappa shape index (κ1) is 18.4. The van der Waals surface area contributed by atoms with Crippen LogP contribution in [0.3, 0.4) is 0 Å². The predicted molar refractivity (Wildman–Crippen MR) is 84.3 cm³/mol. The fourth-order valence-corrected chi connectivity index (χ4v) is 4.03. The molecular weight excluding hydrogens is 290 g/mol. The molecule has 0 aromatic carbocycles. The van der Waals surface area contributed by atoms with Crippen LogP contribution in [0.1, 0.15) is 52.4 Å². The molecule has 0 aliphatic heterocycles. The van der Waals surface area contributed by atoms with Gasteiger partial charge < -0.3 is 11.1 Å². The van der Waals surface area contributed by atoms with Crippen molar-refractivity contribution in [1.29, 1.82) is 0 Å². The lowest BCUT2D eigenvalue weighted by atomic mass is 9.79. The van der Waals surface area contributed by atoms with Crippen LogP contribution in [0.25, 0.3) is 0 Å². The second kappa shape index (κ2) is 7.07. The Kier molecular flexibility index (Phi) is 6.19. The van der Waals surface area contributed by atoms with Gasteiger partial charge in [-0.2, -0.15) is 0 Å². The third kappa shape index (κ3) is 5.92. The van der Waals surface area contributed by atoms with Crippen LogP contribution in [-0.4, -0.2) is 39.2 Å². The lowest BCUT2D eigenvalue weighted by molar-refractivity contribution is -0.131. The quantitative estimate of drug-likeness (QED) is 0.628. The van der Waals surface area contributed by atoms with Crippen LogP contribution in [0.4, 0.5) is 0 Å². The average Bonchev–Trinajstić information content (AvgIpc) is 2.59. The maximum Gasteiger partial charge on any atom is 0.227 e. The minimum Gasteiger partial charge on any atom is -0.354 e. The summed E-state index contributed by atoms with van der Waals surface area (Å²) in [6, 6.07) is 0. The molecule has 21 heavy (non-hydrogen) atoms. The van der Waals surface area contributed by atoms with Gasteiger partial charge in [0.2, 0.25) is 15.9 Å². The highest BCUT2D eigenvalue weighted by molar-refractivity contribution is 7.88. The lowest BCUT2D eigenvalue weighted by Crippen LogP contribution is -2.54. The number of hydrogen-bond donors (Lipinski definition) is 3. The van der Waals surface area contributed by atoms with Crippen LogP contribution >= 0.6 is 0 Å². The first-order valence-corrected chi connectivity index (χ1v) is 9.47. The molecule has 0 radical (unpaired) electrons. The van der Waals surface area contributed by atoms with Crippen LogP contribution in [0, 0.1) is 5.41 Å². The molecule has 0 unspecified atom stereocenters. The van der Waals surface area contributed by atoms with Gasteiger partial charge in [0, 0.05) is 18.6 Å². The summed E-state index contributed by atoms with van der Waals surface area (Å²) in [6.07, 6.45) is 7.09. The number of carbonyl (C=O) groups excluding carboxylic acids is 1. The number of rotatable bonds is 6. The minimum atomic E-state index is -3.31. The monoisotopic (exact) mass is 319 g/mol. The maximum absolute atomic E-state index is 12.5. The Balaban J connectivity index is 2.66. The third-order valence-electron chi connectivity index (χ3n) is 4.09. The third-order valence-corrected chi connectivity index (χ3v) is 5.01. The van der Waals surface area contributed by atoms with Crippen LogP contribution < -0.4 is 15.8 Å². The van der Waals surface area contributed by atoms with Crippen molar-refractivity contribution in [3.05, 3.63) is 0 Å². The minimum absolute atomic E-state index is 0.0460. The van der Waals surface area contributed by atoms with Crippen molar-refractivity contribution in [1.82, 2.24) is 10.0 Å². The molecule has 0 bridgehead atoms. The molecule has 0 aromatic heterocycles. The van der Waals surface area contributed by atoms with E-state index in [0.29, 0.717) is 6.54 Å². The summed E-state index contributed by atoms with van der Waals surface area (Å²) in [5.41, 5.74) is 4.67. The fourth-order valence-electron chi connectivity index (χ4n) is 2.96. The molecule has 0 saturated heterocycles. The lowest BCUT2D eigenvalue weighted by Gasteiger charge is -2.32. The Morgan fingerprint density at radius 3 is 2.14 bits per heavy atom. The van der Waals surface area contributed by atoms with Crippen molar-refractivity contribution in [3.8, 4) is 0 Å². The molecule has 0 atom stereocenters. The van der Waals surface area contributed by atoms with E-state index in [4.69, 9.17) is 5.73 Å². The number of sulfonamides is 1. The number of nitrogens with one attached hydrogen (secondary N) is 2. The topological polar surface area (TPSA) is 101 Å². The van der Waals surface area contributed by atoms with Gasteiger partial charge in [-0.25, -0.2) is 13.1 Å². The predicted octanol–water partition coefficient (Wildman–Crippen LogP) is 0.730. The Labute approximate surface area is 128 Å². The molecule has 0 aromatic rings. The zero-order chi connectivity index (χ0) is 16.1. The summed E-state index contributed by atoms with van der Waals surface area (Å²) in [5.74, 6) is -0.0460. The molecule has 1 aliphatic carbocycles. The van der Waals surface area contributed by atoms with Crippen molar-refractivity contribution < 1.29 is 13.2 Å². The van der Waals surface area contributed by atoms with E-state index >= 15 is 0 Å². The largest absolute Gasteiger partial charge is 0.354 e. The number of nitrogens with two attached hydrogens (primary N) is 1. The van der Waals surface area contributed by atoms with Gasteiger partial charge >= 0.3 is 0 Å². The van der Waals surface area contributed by atoms with Gasteiger partial charge in [-0.3, -0.25) is 4.79 Å². The van der Waals surface area contributed by atoms with Gasteiger partial charge in [0.25, 0.3) is 0 Å². The second-order valence-corrected chi connectivity index (χ2v) is 8.59. The van der Waals surface area contributed by atoms with Crippen molar-refractivity contribution in [3.63, 3.8) is 0 Å². The molecule has 0 spiro atoms. The molecule has 0 heterocycles. The highest BCUT2D eigenvalue weighted by Crippen LogP contribution is 2.34. The van der Waals surface area contributed by atoms with E-state index < -0.39 is 21.0 Å². The van der Waals surface area contributed by atoms with Crippen molar-refractivity contribution >= 4 is 15.9 Å². The van der Waals surface area contributed by atoms with Gasteiger partial charge in [0.05, 0.1) is 11.7 Å². The van der Waals surface area contributed by atoms with Gasteiger partial charge in [0.1, 0.15) is 0 Å². The molecule has 1 amide bonds. The number of carbonyl (C=O) groups is 1. The fraction of sp³-hybridized carbons (Fsp3) is 0.929. The second-order valence-electron chi connectivity index (χ2n) is 6.84. The van der Waals surface area contributed by atoms with E-state index in [2.05, 4.69) is 10.0 Å². The Morgan fingerprint density at radius 1 is 1.19 bits per heavy atom. The van der Waals surface area contributed by atoms with Crippen molar-refractivity contribution in [2.75, 3.05) is 19.3 Å². The van der Waals surface area contributed by atoms with E-state index in [1.807, 2.05) is 0 Å². The van der Waals surface area contributed by atoms with Crippen molar-refractivity contribution in [2.45, 2.75) is 57.9 Å². The Hall–Kier alpha value is -0.660. The summed E-state index contributed by atoms with van der Waals surface area (Å²) in [5, 5.41) is 2.89. The number of amides is 1. The van der Waals surface area contributed by atoms with Gasteiger partial charge in [-0.15, -0.1) is 0 Å². The first-order chi connectivity index (χ1) is 9.60. The first-order valence-electron chi connectivity index (χ1n) is 7.58. The summed E-state index contributed by atoms with van der Waals surface area (Å²) in [7, 11) is -3.31. The molecule has 6 nitrogen and oxygen atoms in total. The maximum atomic E-state index is 12.5. The normalized spacial score (nSPS) is 19.8. The molecule has 1 saturated carbocycles. The van der Waals surface area contributed by atoms with E-state index in [1.54, 1.807) is 13.8 Å². The molecule has 1 aliphatic rings. The summed E-state index contributed by atoms with van der Waals surface area (Å²) in [6.45, 7) is 4.09. The molecule has 1 fully saturated rings. The molecule has 7 heteroatoms. The average molecular weight is 319 g/mol. The van der Waals surface area contributed by atoms with E-state index in [1.165, 1.54) is 0 Å². The summed E-state index contributed by atoms with van der Waals surface area (Å²) < 4.78 is 25.2. The van der Waals surface area contributed by atoms with E-state index in [9.17, 15) is 13.2 Å². The molecule has 1 rings (SSSR count). The Bertz CT molecular complexity index is 452. The van der Waals surface area contributed by atoms with Crippen LogP contribution in [0.2, 0.25) is 0 Å². The number of hydrogen-bond acceptors (Lipinski definition) is 4. The van der Waals surface area contributed by atoms with Crippen LogP contribution in [0.5, 0.6) is 0 Å². The highest BCUT2D eigenvalue weighted by atomic mass is 32.2. The van der Waals surface area contributed by atoms with E-state index in [0.717, 1.165) is 44.8 Å². The standard InChI is InChI=1S/C14H29N3O3S/c1-13(2,17-21(3,19)20)11-16-12(18)14(10-15)8-6-4-5-7-9-14/h17H,4-11,15H2,1-3H3,(H,16,18). The highest BCUT2D eigenvalue weighted by Gasteiger charge is 2.37. The molecule has 4 N–H and O–H groups in total. The zero-order valence-electron chi connectivity index (χ0n) is 13.4. The summed E-state index contributed by atoms with van der Waals surface area (Å²) in [4.78, 5) is 12.5. The van der Waals surface area contributed by atoms with Gasteiger partial charge in [0.15, 0.2) is 0 Å². The zero-order valence-corrected chi connectivity index (χ0v) is 14.2. The molecular formula is C14H29N3O3S. The summed E-state index contributed by atoms with van der Waals surface area (Å²) >= 11 is 0. The van der Waals surface area contributed by atoms with Gasteiger partial charge in [-0.1, -0.05) is 25.7 Å². The van der Waals surface area contributed by atoms with Gasteiger partial charge in [-0.05, 0) is 26.7 Å². The van der Waals surface area contributed by atoms with Crippen molar-refractivity contribution in [2.24, 2.45) is 11.1 Å². The molecule has 124 valence electrons. The van der Waals surface area contributed by atoms with Crippen LogP contribution in [0.15, 0.2) is 0 Å². The smallest absolute Gasteiger partial charge is 0.227 e.